The topological polar surface area (TPSA) is 118 Å². The number of H-pyrrole nitrogens is 1. The number of hydrogen-bond acceptors (Lipinski definition) is 5. The summed E-state index contributed by atoms with van der Waals surface area (Å²) >= 11 is 0. The number of nitrogens with zero attached hydrogens (tertiary/aromatic N) is 2. The average Bonchev–Trinajstić information content (AvgIpc) is 2.81. The number of rotatable bonds is 4. The number of nitro groups is 1. The van der Waals surface area contributed by atoms with E-state index in [0.717, 1.165) is 24.7 Å². The standard InChI is InChI=1S/C9H7FN4O4S/c10-6-1-7(3-8(2-6)14(15)16)13-19(17,18)9-4-11-5-12-9/h1-5,13H,(H,11,12). The van der Waals surface area contributed by atoms with Gasteiger partial charge in [-0.15, -0.1) is 0 Å². The molecule has 0 aliphatic rings. The van der Waals surface area contributed by atoms with Gasteiger partial charge in [0.05, 0.1) is 29.2 Å². The van der Waals surface area contributed by atoms with E-state index in [4.69, 9.17) is 0 Å². The Balaban J connectivity index is 2.37. The van der Waals surface area contributed by atoms with Gasteiger partial charge in [0, 0.05) is 6.07 Å². The third kappa shape index (κ3) is 2.85. The predicted molar refractivity (Wildman–Crippen MR) is 62.5 cm³/mol. The molecule has 1 aromatic heterocycles. The van der Waals surface area contributed by atoms with Crippen LogP contribution >= 0.6 is 0 Å². The molecule has 100 valence electrons. The van der Waals surface area contributed by atoms with E-state index >= 15 is 0 Å². The molecule has 2 rings (SSSR count). The minimum Gasteiger partial charge on any atom is -0.334 e. The lowest BCUT2D eigenvalue weighted by Crippen LogP contribution is -2.13. The molecule has 0 aliphatic heterocycles. The van der Waals surface area contributed by atoms with Gasteiger partial charge in [-0.05, 0) is 6.07 Å². The number of nitrogens with one attached hydrogen (secondary N) is 2. The van der Waals surface area contributed by atoms with Crippen molar-refractivity contribution in [2.45, 2.75) is 5.03 Å². The van der Waals surface area contributed by atoms with E-state index in [2.05, 4.69) is 9.97 Å². The first-order chi connectivity index (χ1) is 8.88. The number of aromatic nitrogens is 2. The lowest BCUT2D eigenvalue weighted by molar-refractivity contribution is -0.385. The fourth-order valence-corrected chi connectivity index (χ4v) is 2.28. The average molecular weight is 286 g/mol. The van der Waals surface area contributed by atoms with Crippen LogP contribution in [0, 0.1) is 15.9 Å². The van der Waals surface area contributed by atoms with Crippen LogP contribution in [0.2, 0.25) is 0 Å². The maximum atomic E-state index is 13.1. The van der Waals surface area contributed by atoms with Gasteiger partial charge in [-0.25, -0.2) is 9.37 Å². The van der Waals surface area contributed by atoms with E-state index in [1.54, 1.807) is 0 Å². The van der Waals surface area contributed by atoms with Crippen molar-refractivity contribution in [3.8, 4) is 0 Å². The highest BCUT2D eigenvalue weighted by atomic mass is 32.2. The summed E-state index contributed by atoms with van der Waals surface area (Å²) < 4.78 is 38.7. The van der Waals surface area contributed by atoms with Gasteiger partial charge in [-0.2, -0.15) is 8.42 Å². The highest BCUT2D eigenvalue weighted by molar-refractivity contribution is 7.92. The molecule has 0 aliphatic carbocycles. The summed E-state index contributed by atoms with van der Waals surface area (Å²) in [7, 11) is -3.99. The second kappa shape index (κ2) is 4.65. The molecule has 8 nitrogen and oxygen atoms in total. The molecule has 0 saturated heterocycles. The van der Waals surface area contributed by atoms with Gasteiger partial charge in [0.25, 0.3) is 15.7 Å². The maximum absolute atomic E-state index is 13.1. The Morgan fingerprint density at radius 2 is 2.11 bits per heavy atom. The monoisotopic (exact) mass is 286 g/mol. The molecular weight excluding hydrogens is 279 g/mol. The second-order valence-electron chi connectivity index (χ2n) is 3.48. The molecule has 0 amide bonds. The predicted octanol–water partition coefficient (Wildman–Crippen LogP) is 1.26. The Morgan fingerprint density at radius 3 is 2.68 bits per heavy atom. The molecule has 2 N–H and O–H groups in total. The van der Waals surface area contributed by atoms with E-state index in [1.807, 2.05) is 4.72 Å². The molecule has 0 saturated carbocycles. The fourth-order valence-electron chi connectivity index (χ4n) is 1.34. The van der Waals surface area contributed by atoms with Gasteiger partial charge in [0.2, 0.25) is 0 Å². The van der Waals surface area contributed by atoms with Crippen molar-refractivity contribution in [3.05, 3.63) is 46.7 Å². The number of halogens is 1. The minimum atomic E-state index is -3.99. The first kappa shape index (κ1) is 13.0. The number of anilines is 1. The third-order valence-corrected chi connectivity index (χ3v) is 3.41. The quantitative estimate of drug-likeness (QED) is 0.648. The van der Waals surface area contributed by atoms with Gasteiger partial charge in [0.1, 0.15) is 5.82 Å². The normalized spacial score (nSPS) is 11.2. The Hall–Kier alpha value is -2.49. The Bertz CT molecular complexity index is 714. The Kier molecular flexibility index (Phi) is 3.17. The van der Waals surface area contributed by atoms with Crippen molar-refractivity contribution in [1.82, 2.24) is 9.97 Å². The molecule has 2 aromatic rings. The van der Waals surface area contributed by atoms with Crippen molar-refractivity contribution < 1.29 is 17.7 Å². The molecule has 0 spiro atoms. The van der Waals surface area contributed by atoms with Crippen LogP contribution in [0.25, 0.3) is 0 Å². The van der Waals surface area contributed by atoms with Crippen molar-refractivity contribution in [1.29, 1.82) is 0 Å². The number of imidazole rings is 1. The van der Waals surface area contributed by atoms with Crippen LogP contribution in [0.3, 0.4) is 0 Å². The van der Waals surface area contributed by atoms with Gasteiger partial charge >= 0.3 is 0 Å². The zero-order valence-corrected chi connectivity index (χ0v) is 10.0. The van der Waals surface area contributed by atoms with Crippen LogP contribution in [0.15, 0.2) is 35.7 Å². The maximum Gasteiger partial charge on any atom is 0.278 e. The molecule has 0 unspecified atom stereocenters. The summed E-state index contributed by atoms with van der Waals surface area (Å²) in [6.07, 6.45) is 2.21. The molecule has 0 atom stereocenters. The van der Waals surface area contributed by atoms with Crippen LogP contribution in [0.4, 0.5) is 15.8 Å². The summed E-state index contributed by atoms with van der Waals surface area (Å²) in [6.45, 7) is 0. The van der Waals surface area contributed by atoms with Crippen LogP contribution in [0.1, 0.15) is 0 Å². The Morgan fingerprint density at radius 1 is 1.37 bits per heavy atom. The van der Waals surface area contributed by atoms with Crippen molar-refractivity contribution in [2.24, 2.45) is 0 Å². The van der Waals surface area contributed by atoms with Crippen molar-refractivity contribution in [3.63, 3.8) is 0 Å². The lowest BCUT2D eigenvalue weighted by atomic mass is 10.3. The largest absolute Gasteiger partial charge is 0.334 e. The summed E-state index contributed by atoms with van der Waals surface area (Å²) in [5, 5.41) is 10.3. The van der Waals surface area contributed by atoms with E-state index in [9.17, 15) is 22.9 Å². The smallest absolute Gasteiger partial charge is 0.278 e. The third-order valence-electron chi connectivity index (χ3n) is 2.11. The van der Waals surface area contributed by atoms with Crippen LogP contribution in [-0.4, -0.2) is 23.3 Å². The van der Waals surface area contributed by atoms with Gasteiger partial charge < -0.3 is 4.98 Å². The van der Waals surface area contributed by atoms with Crippen LogP contribution < -0.4 is 4.72 Å². The first-order valence-corrected chi connectivity index (χ1v) is 6.33. The highest BCUT2D eigenvalue weighted by Gasteiger charge is 2.18. The van der Waals surface area contributed by atoms with Crippen molar-refractivity contribution in [2.75, 3.05) is 4.72 Å². The molecule has 1 heterocycles. The van der Waals surface area contributed by atoms with Crippen LogP contribution in [0.5, 0.6) is 0 Å². The second-order valence-corrected chi connectivity index (χ2v) is 5.13. The van der Waals surface area contributed by atoms with Crippen LogP contribution in [-0.2, 0) is 10.0 Å². The first-order valence-electron chi connectivity index (χ1n) is 4.85. The SMILES string of the molecule is O=[N+]([O-])c1cc(F)cc(NS(=O)(=O)c2cnc[nH]2)c1. The number of nitro benzene ring substituents is 1. The number of benzene rings is 1. The summed E-state index contributed by atoms with van der Waals surface area (Å²) in [6, 6.07) is 2.44. The summed E-state index contributed by atoms with van der Waals surface area (Å²) in [5.41, 5.74) is -0.802. The zero-order chi connectivity index (χ0) is 14.0. The lowest BCUT2D eigenvalue weighted by Gasteiger charge is -2.06. The summed E-state index contributed by atoms with van der Waals surface area (Å²) in [4.78, 5) is 15.6. The van der Waals surface area contributed by atoms with Gasteiger partial charge in [-0.3, -0.25) is 14.8 Å². The fraction of sp³-hybridized carbons (Fsp3) is 0. The number of sulfonamides is 1. The van der Waals surface area contributed by atoms with E-state index in [-0.39, 0.29) is 10.7 Å². The van der Waals surface area contributed by atoms with Gasteiger partial charge in [0.15, 0.2) is 5.03 Å². The van der Waals surface area contributed by atoms with E-state index in [0.29, 0.717) is 6.07 Å². The van der Waals surface area contributed by atoms with Gasteiger partial charge in [-0.1, -0.05) is 0 Å². The molecule has 0 bridgehead atoms. The molecule has 19 heavy (non-hydrogen) atoms. The molecule has 0 fully saturated rings. The number of non-ortho nitro benzene ring substituents is 1. The minimum absolute atomic E-state index is 0.237. The number of hydrogen-bond donors (Lipinski definition) is 2. The van der Waals surface area contributed by atoms with E-state index < -0.39 is 26.5 Å². The van der Waals surface area contributed by atoms with Crippen molar-refractivity contribution >= 4 is 21.4 Å². The summed E-state index contributed by atoms with van der Waals surface area (Å²) in [5.74, 6) is -0.920. The molecule has 0 radical (unpaired) electrons. The van der Waals surface area contributed by atoms with E-state index in [1.165, 1.54) is 0 Å². The molecule has 1 aromatic carbocycles. The molecule has 10 heteroatoms. The molecular formula is C9H7FN4O4S. The highest BCUT2D eigenvalue weighted by Crippen LogP contribution is 2.22. The number of aromatic amines is 1. The Labute approximate surface area is 106 Å². The zero-order valence-electron chi connectivity index (χ0n) is 9.20.